The van der Waals surface area contributed by atoms with E-state index >= 15 is 0 Å². The van der Waals surface area contributed by atoms with Crippen molar-refractivity contribution in [3.05, 3.63) is 81.6 Å². The smallest absolute Gasteiger partial charge is 0.272 e. The molecule has 0 aliphatic rings. The minimum atomic E-state index is -3.74. The predicted molar refractivity (Wildman–Crippen MR) is 116 cm³/mol. The van der Waals surface area contributed by atoms with E-state index in [0.717, 1.165) is 22.6 Å². The van der Waals surface area contributed by atoms with Crippen LogP contribution in [0.2, 0.25) is 0 Å². The number of nitrogens with one attached hydrogen (secondary N) is 1. The van der Waals surface area contributed by atoms with Crippen molar-refractivity contribution in [3.8, 4) is 5.69 Å². The lowest BCUT2D eigenvalue weighted by Gasteiger charge is -2.10. The largest absolute Gasteiger partial charge is 0.318 e. The second-order valence-corrected chi connectivity index (χ2v) is 8.80. The molecule has 0 saturated carbocycles. The average molecular weight is 475 g/mol. The summed E-state index contributed by atoms with van der Waals surface area (Å²) in [5.74, 6) is -0.318. The maximum atomic E-state index is 12.2. The summed E-state index contributed by atoms with van der Waals surface area (Å²) < 4.78 is 25.5. The van der Waals surface area contributed by atoms with Crippen molar-refractivity contribution < 1.29 is 13.2 Å². The third kappa shape index (κ3) is 4.64. The van der Waals surface area contributed by atoms with Gasteiger partial charge in [-0.15, -0.1) is 0 Å². The fourth-order valence-corrected chi connectivity index (χ4v) is 3.95. The van der Waals surface area contributed by atoms with E-state index < -0.39 is 10.0 Å². The number of halogens is 1. The maximum Gasteiger partial charge on any atom is 0.272 e. The van der Waals surface area contributed by atoms with Crippen molar-refractivity contribution >= 4 is 38.1 Å². The Labute approximate surface area is 177 Å². The van der Waals surface area contributed by atoms with Crippen molar-refractivity contribution in [2.75, 3.05) is 0 Å². The Morgan fingerprint density at radius 3 is 2.41 bits per heavy atom. The minimum absolute atomic E-state index is 0.0558. The van der Waals surface area contributed by atoms with E-state index in [1.54, 1.807) is 36.5 Å². The van der Waals surface area contributed by atoms with Crippen LogP contribution in [0.1, 0.15) is 27.3 Å². The highest BCUT2D eigenvalue weighted by molar-refractivity contribution is 9.10. The SMILES string of the molecule is Cc1cc(C=NNC(=O)c2ccccc2Br)c(C)n1-c1ccc(S(N)(=O)=O)cc1. The van der Waals surface area contributed by atoms with Crippen LogP contribution in [0.5, 0.6) is 0 Å². The molecule has 2 aromatic carbocycles. The third-order valence-corrected chi connectivity index (χ3v) is 6.00. The first-order chi connectivity index (χ1) is 13.7. The quantitative estimate of drug-likeness (QED) is 0.437. The number of rotatable bonds is 5. The van der Waals surface area contributed by atoms with Gasteiger partial charge in [-0.3, -0.25) is 4.79 Å². The van der Waals surface area contributed by atoms with Crippen LogP contribution in [0.25, 0.3) is 5.69 Å². The normalized spacial score (nSPS) is 11.7. The van der Waals surface area contributed by atoms with E-state index in [2.05, 4.69) is 26.5 Å². The monoisotopic (exact) mass is 474 g/mol. The molecule has 7 nitrogen and oxygen atoms in total. The summed E-state index contributed by atoms with van der Waals surface area (Å²) in [5.41, 5.74) is 6.46. The first kappa shape index (κ1) is 21.0. The second kappa shape index (κ2) is 8.32. The number of carbonyl (C=O) groups is 1. The number of nitrogens with two attached hydrogens (primary N) is 1. The summed E-state index contributed by atoms with van der Waals surface area (Å²) in [6.45, 7) is 3.84. The summed E-state index contributed by atoms with van der Waals surface area (Å²) in [5, 5.41) is 9.21. The first-order valence-electron chi connectivity index (χ1n) is 8.58. The molecule has 0 spiro atoms. The fraction of sp³-hybridized carbons (Fsp3) is 0.100. The average Bonchev–Trinajstić information content (AvgIpc) is 2.95. The number of benzene rings is 2. The Morgan fingerprint density at radius 1 is 1.14 bits per heavy atom. The molecule has 3 aromatic rings. The van der Waals surface area contributed by atoms with E-state index in [4.69, 9.17) is 5.14 Å². The number of aromatic nitrogens is 1. The Bertz CT molecular complexity index is 1200. The van der Waals surface area contributed by atoms with Crippen LogP contribution in [0.15, 0.2) is 69.1 Å². The van der Waals surface area contributed by atoms with E-state index in [0.29, 0.717) is 10.0 Å². The molecular weight excluding hydrogens is 456 g/mol. The van der Waals surface area contributed by atoms with Gasteiger partial charge >= 0.3 is 0 Å². The number of amides is 1. The Hall–Kier alpha value is -2.75. The zero-order valence-corrected chi connectivity index (χ0v) is 18.2. The number of nitrogens with zero attached hydrogens (tertiary/aromatic N) is 2. The molecule has 3 rings (SSSR count). The summed E-state index contributed by atoms with van der Waals surface area (Å²) in [6, 6.07) is 15.3. The molecule has 0 atom stereocenters. The van der Waals surface area contributed by atoms with Gasteiger partial charge in [0.2, 0.25) is 10.0 Å². The van der Waals surface area contributed by atoms with Crippen LogP contribution in [-0.2, 0) is 10.0 Å². The number of hydrogen-bond acceptors (Lipinski definition) is 4. The number of sulfonamides is 1. The van der Waals surface area contributed by atoms with Crippen LogP contribution < -0.4 is 10.6 Å². The molecule has 0 unspecified atom stereocenters. The molecule has 150 valence electrons. The van der Waals surface area contributed by atoms with Gasteiger partial charge in [0.15, 0.2) is 0 Å². The highest BCUT2D eigenvalue weighted by atomic mass is 79.9. The highest BCUT2D eigenvalue weighted by Gasteiger charge is 2.12. The molecule has 1 amide bonds. The van der Waals surface area contributed by atoms with E-state index in [1.165, 1.54) is 12.1 Å². The summed E-state index contributed by atoms with van der Waals surface area (Å²) >= 11 is 3.34. The van der Waals surface area contributed by atoms with Gasteiger partial charge in [-0.2, -0.15) is 5.10 Å². The number of primary sulfonamides is 1. The predicted octanol–water partition coefficient (Wildman–Crippen LogP) is 3.27. The minimum Gasteiger partial charge on any atom is -0.318 e. The van der Waals surface area contributed by atoms with Crippen LogP contribution >= 0.6 is 15.9 Å². The lowest BCUT2D eigenvalue weighted by atomic mass is 10.2. The Balaban J connectivity index is 1.82. The number of carbonyl (C=O) groups excluding carboxylic acids is 1. The molecule has 0 bridgehead atoms. The second-order valence-electron chi connectivity index (χ2n) is 6.38. The molecule has 1 aromatic heterocycles. The van der Waals surface area contributed by atoms with Gasteiger partial charge in [0.25, 0.3) is 5.91 Å². The number of hydrazone groups is 1. The molecule has 29 heavy (non-hydrogen) atoms. The summed E-state index contributed by atoms with van der Waals surface area (Å²) in [6.07, 6.45) is 1.58. The third-order valence-electron chi connectivity index (χ3n) is 4.38. The topological polar surface area (TPSA) is 107 Å². The lowest BCUT2D eigenvalue weighted by Crippen LogP contribution is -2.18. The molecule has 0 radical (unpaired) electrons. The van der Waals surface area contributed by atoms with Gasteiger partial charge in [-0.05, 0) is 72.2 Å². The molecule has 3 N–H and O–H groups in total. The van der Waals surface area contributed by atoms with Crippen molar-refractivity contribution in [1.29, 1.82) is 0 Å². The highest BCUT2D eigenvalue weighted by Crippen LogP contribution is 2.21. The van der Waals surface area contributed by atoms with Gasteiger partial charge in [0.05, 0.1) is 16.7 Å². The Kier molecular flexibility index (Phi) is 6.02. The van der Waals surface area contributed by atoms with Crippen LogP contribution in [0.3, 0.4) is 0 Å². The zero-order valence-electron chi connectivity index (χ0n) is 15.8. The zero-order chi connectivity index (χ0) is 21.2. The summed E-state index contributed by atoms with van der Waals surface area (Å²) in [4.78, 5) is 12.3. The fourth-order valence-electron chi connectivity index (χ4n) is 2.97. The number of aryl methyl sites for hydroxylation is 1. The van der Waals surface area contributed by atoms with E-state index in [1.807, 2.05) is 30.5 Å². The van der Waals surface area contributed by atoms with Gasteiger partial charge in [-0.25, -0.2) is 19.0 Å². The van der Waals surface area contributed by atoms with Crippen molar-refractivity contribution in [3.63, 3.8) is 0 Å². The molecule has 0 saturated heterocycles. The van der Waals surface area contributed by atoms with Crippen molar-refractivity contribution in [2.45, 2.75) is 18.7 Å². The standard InChI is InChI=1S/C20H19BrN4O3S/c1-13-11-15(12-23-24-20(26)18-5-3-4-6-19(18)21)14(2)25(13)16-7-9-17(10-8-16)29(22,27)28/h3-12H,1-2H3,(H,24,26)(H2,22,27,28). The van der Waals surface area contributed by atoms with E-state index in [9.17, 15) is 13.2 Å². The van der Waals surface area contributed by atoms with Gasteiger partial charge in [0, 0.05) is 27.1 Å². The van der Waals surface area contributed by atoms with Crippen LogP contribution in [0.4, 0.5) is 0 Å². The van der Waals surface area contributed by atoms with Crippen molar-refractivity contribution in [2.24, 2.45) is 10.2 Å². The molecule has 1 heterocycles. The molecule has 0 fully saturated rings. The molecule has 0 aliphatic carbocycles. The van der Waals surface area contributed by atoms with Crippen molar-refractivity contribution in [1.82, 2.24) is 9.99 Å². The lowest BCUT2D eigenvalue weighted by molar-refractivity contribution is 0.0954. The van der Waals surface area contributed by atoms with E-state index in [-0.39, 0.29) is 10.8 Å². The molecular formula is C20H19BrN4O3S. The molecule has 0 aliphatic heterocycles. The number of hydrogen-bond donors (Lipinski definition) is 2. The summed E-state index contributed by atoms with van der Waals surface area (Å²) in [7, 11) is -3.74. The van der Waals surface area contributed by atoms with Crippen LogP contribution in [0, 0.1) is 13.8 Å². The first-order valence-corrected chi connectivity index (χ1v) is 10.9. The van der Waals surface area contributed by atoms with Gasteiger partial charge in [0.1, 0.15) is 0 Å². The molecule has 9 heteroatoms. The van der Waals surface area contributed by atoms with Crippen LogP contribution in [-0.4, -0.2) is 25.1 Å². The van der Waals surface area contributed by atoms with Gasteiger partial charge in [-0.1, -0.05) is 12.1 Å². The van der Waals surface area contributed by atoms with Gasteiger partial charge < -0.3 is 4.57 Å². The Morgan fingerprint density at radius 2 is 1.79 bits per heavy atom. The maximum absolute atomic E-state index is 12.2.